The predicted octanol–water partition coefficient (Wildman–Crippen LogP) is 32.6. The Hall–Kier alpha value is -2.25. The second kappa shape index (κ2) is 74.0. The van der Waals surface area contributed by atoms with E-state index in [-0.39, 0.29) is 16.5 Å². The summed E-state index contributed by atoms with van der Waals surface area (Å²) in [5.41, 5.74) is 7.54. The van der Waals surface area contributed by atoms with E-state index < -0.39 is 0 Å². The molecule has 2 nitrogen and oxygen atoms in total. The van der Waals surface area contributed by atoms with Crippen molar-refractivity contribution in [1.82, 2.24) is 0 Å². The van der Waals surface area contributed by atoms with Crippen molar-refractivity contribution in [1.29, 1.82) is 0 Å². The van der Waals surface area contributed by atoms with Gasteiger partial charge in [-0.15, -0.1) is 0 Å². The second-order valence-corrected chi connectivity index (χ2v) is 29.3. The Morgan fingerprint density at radius 2 is 0.409 bits per heavy atom. The van der Waals surface area contributed by atoms with Gasteiger partial charge in [-0.05, 0) is 100 Å². The van der Waals surface area contributed by atoms with Crippen molar-refractivity contribution in [3.63, 3.8) is 0 Å². The Labute approximate surface area is 593 Å². The van der Waals surface area contributed by atoms with Crippen molar-refractivity contribution in [2.45, 2.75) is 464 Å². The molecule has 0 amide bonds. The molecule has 540 valence electrons. The third-order valence-electron chi connectivity index (χ3n) is 20.3. The van der Waals surface area contributed by atoms with Crippen LogP contribution in [-0.2, 0) is 29.3 Å². The van der Waals surface area contributed by atoms with Gasteiger partial charge in [-0.2, -0.15) is 0 Å². The molecule has 0 radical (unpaired) electrons. The van der Waals surface area contributed by atoms with Gasteiger partial charge in [-0.1, -0.05) is 448 Å². The van der Waals surface area contributed by atoms with Crippen LogP contribution in [0.4, 0.5) is 11.4 Å². The fraction of sp³-hybridized carbons (Fsp3) is 0.800. The summed E-state index contributed by atoms with van der Waals surface area (Å²) >= 11 is 0. The maximum absolute atomic E-state index is 5.67. The average Bonchev–Trinajstić information content (AvgIpc) is 1.48. The van der Waals surface area contributed by atoms with Crippen LogP contribution in [0.15, 0.2) is 82.8 Å². The molecule has 0 saturated carbocycles. The number of para-hydroxylation sites is 2. The summed E-state index contributed by atoms with van der Waals surface area (Å²) in [6.07, 6.45) is 104. The monoisotopic (exact) mass is 1330 g/mol. The topological polar surface area (TPSA) is 24.7 Å². The minimum absolute atomic E-state index is 0. The molecule has 0 bridgehead atoms. The average molecular weight is 1330 g/mol. The van der Waals surface area contributed by atoms with Crippen LogP contribution < -0.4 is 0 Å². The number of aliphatic imine (C=N–C) groups is 2. The van der Waals surface area contributed by atoms with E-state index in [0.29, 0.717) is 0 Å². The van der Waals surface area contributed by atoms with Crippen LogP contribution in [0.25, 0.3) is 0 Å². The van der Waals surface area contributed by atoms with E-state index in [9.17, 15) is 0 Å². The number of benzene rings is 2. The van der Waals surface area contributed by atoms with Gasteiger partial charge < -0.3 is 0 Å². The Bertz CT molecular complexity index is 1920. The second-order valence-electron chi connectivity index (χ2n) is 29.3. The predicted molar refractivity (Wildman–Crippen MR) is 420 cm³/mol. The van der Waals surface area contributed by atoms with Crippen LogP contribution in [0, 0.1) is 0 Å². The van der Waals surface area contributed by atoms with E-state index in [1.807, 2.05) is 0 Å². The van der Waals surface area contributed by atoms with Gasteiger partial charge >= 0.3 is 0 Å². The summed E-state index contributed by atoms with van der Waals surface area (Å²) in [7, 11) is 0. The van der Waals surface area contributed by atoms with Gasteiger partial charge in [0.25, 0.3) is 0 Å². The summed E-state index contributed by atoms with van der Waals surface area (Å²) < 4.78 is 0. The zero-order valence-electron chi connectivity index (χ0n) is 63.2. The third kappa shape index (κ3) is 59.5. The summed E-state index contributed by atoms with van der Waals surface area (Å²) in [6, 6.07) is 18.1. The molecular formula is C90H160N2Ni. The van der Waals surface area contributed by atoms with E-state index in [1.54, 1.807) is 0 Å². The number of unbranched alkanes of at least 4 members (excludes halogenated alkanes) is 58. The van der Waals surface area contributed by atoms with Gasteiger partial charge in [-0.3, -0.25) is 9.98 Å². The molecule has 2 rings (SSSR count). The van der Waals surface area contributed by atoms with Gasteiger partial charge in [0, 0.05) is 16.5 Å². The Balaban J connectivity index is 0.0000432. The molecule has 0 fully saturated rings. The van der Waals surface area contributed by atoms with Crippen molar-refractivity contribution in [3.05, 3.63) is 84.0 Å². The molecule has 0 saturated heterocycles. The van der Waals surface area contributed by atoms with Crippen LogP contribution >= 0.6 is 0 Å². The number of hydrogen-bond acceptors (Lipinski definition) is 2. The minimum Gasteiger partial charge on any atom is -0.251 e. The summed E-state index contributed by atoms with van der Waals surface area (Å²) in [5, 5.41) is 0. The van der Waals surface area contributed by atoms with Gasteiger partial charge in [0.1, 0.15) is 0 Å². The molecule has 0 heterocycles. The van der Waals surface area contributed by atoms with Crippen LogP contribution in [0.3, 0.4) is 0 Å². The maximum Gasteiger partial charge on any atom is 0.0665 e. The van der Waals surface area contributed by atoms with Crippen LogP contribution in [0.2, 0.25) is 0 Å². The van der Waals surface area contributed by atoms with Gasteiger partial charge in [0.2, 0.25) is 0 Å². The summed E-state index contributed by atoms with van der Waals surface area (Å²) in [5.74, 6) is 0. The molecule has 0 aliphatic carbocycles. The minimum atomic E-state index is 0. The van der Waals surface area contributed by atoms with Crippen molar-refractivity contribution in [2.24, 2.45) is 9.98 Å². The fourth-order valence-electron chi connectivity index (χ4n) is 14.0. The molecule has 2 aromatic carbocycles. The first-order valence-electron chi connectivity index (χ1n) is 42.3. The number of rotatable bonds is 73. The van der Waals surface area contributed by atoms with Crippen LogP contribution in [0.1, 0.15) is 463 Å². The summed E-state index contributed by atoms with van der Waals surface area (Å²) in [4.78, 5) is 11.3. The maximum atomic E-state index is 5.67. The molecule has 3 heteroatoms. The smallest absolute Gasteiger partial charge is 0.0665 e. The SMILES string of the molecule is CCCCCCCCCCCCCCCCCCCCCCCCCCC=CCCc1ccccc1N=C(CCCCC)C(CCCCCCCCCCC)=Nc1ccccc1CCC=CCCCCCCCCCCCCCCCCCCCCCCCCCC.[Ni]. The molecule has 0 N–H and O–H groups in total. The van der Waals surface area contributed by atoms with E-state index in [0.717, 1.165) is 49.9 Å². The number of aryl methyl sites for hydroxylation is 2. The number of allylic oxidation sites excluding steroid dienone is 4. The molecule has 0 aliphatic heterocycles. The molecule has 0 aromatic heterocycles. The van der Waals surface area contributed by atoms with Crippen molar-refractivity contribution >= 4 is 22.8 Å². The molecule has 2 aromatic rings. The molecule has 0 atom stereocenters. The molecule has 0 spiro atoms. The van der Waals surface area contributed by atoms with E-state index in [1.165, 1.54) is 421 Å². The van der Waals surface area contributed by atoms with Gasteiger partial charge in [0.15, 0.2) is 0 Å². The van der Waals surface area contributed by atoms with E-state index in [4.69, 9.17) is 9.98 Å². The largest absolute Gasteiger partial charge is 0.251 e. The van der Waals surface area contributed by atoms with Gasteiger partial charge in [-0.25, -0.2) is 0 Å². The Morgan fingerprint density at radius 3 is 0.656 bits per heavy atom. The number of hydrogen-bond donors (Lipinski definition) is 0. The quantitative estimate of drug-likeness (QED) is 0.0273. The molecule has 0 unspecified atom stereocenters. The van der Waals surface area contributed by atoms with Crippen LogP contribution in [0.5, 0.6) is 0 Å². The van der Waals surface area contributed by atoms with Crippen molar-refractivity contribution in [3.8, 4) is 0 Å². The first-order valence-corrected chi connectivity index (χ1v) is 42.3. The van der Waals surface area contributed by atoms with E-state index >= 15 is 0 Å². The molecule has 93 heavy (non-hydrogen) atoms. The van der Waals surface area contributed by atoms with E-state index in [2.05, 4.69) is 101 Å². The molecular weight excluding hydrogens is 1170 g/mol. The summed E-state index contributed by atoms with van der Waals surface area (Å²) in [6.45, 7) is 9.28. The van der Waals surface area contributed by atoms with Crippen LogP contribution in [-0.4, -0.2) is 11.4 Å². The zero-order valence-corrected chi connectivity index (χ0v) is 64.2. The molecule has 0 aliphatic rings. The van der Waals surface area contributed by atoms with Gasteiger partial charge in [0.05, 0.1) is 22.8 Å². The number of nitrogens with zero attached hydrogens (tertiary/aromatic N) is 2. The Morgan fingerprint density at radius 1 is 0.226 bits per heavy atom. The Kier molecular flexibility index (Phi) is 70.6. The first-order chi connectivity index (χ1) is 45.7. The van der Waals surface area contributed by atoms with Crippen molar-refractivity contribution in [2.75, 3.05) is 0 Å². The fourth-order valence-corrected chi connectivity index (χ4v) is 14.0. The zero-order chi connectivity index (χ0) is 65.4. The van der Waals surface area contributed by atoms with Crippen molar-refractivity contribution < 1.29 is 16.5 Å². The standard InChI is InChI=1S/C90H160N2.Ni/c1-5-9-13-16-19-22-24-26-28-30-32-34-36-38-40-42-44-46-48-50-52-54-56-58-61-63-66-70-77-85-79-73-75-81-87(85)91-89(83-69-12-8-4)90(84-72-68-65-60-21-18-15-11-7-3)92-88-82-76-74-80-86(88)78-71-67-64-62-59-57-55-53-51-49-47-45-43-41-39-37-35-33-31-29-27-25-23-20-17-14-10-6-2;/h63-64,66-67,73-76,79-82H,5-62,65,68-72,77-78,83-84H2,1-4H3;. The first kappa shape index (κ1) is 88.8. The third-order valence-corrected chi connectivity index (χ3v) is 20.3. The normalized spacial score (nSPS) is 12.2.